The quantitative estimate of drug-likeness (QED) is 0.129. The molecule has 9 nitrogen and oxygen atoms in total. The number of carbonyl (C=O) groups excluding carboxylic acids is 3. The van der Waals surface area contributed by atoms with E-state index in [9.17, 15) is 18.9 Å². The summed E-state index contributed by atoms with van der Waals surface area (Å²) in [5.41, 5.74) is 1.82. The average Bonchev–Trinajstić information content (AvgIpc) is 3.49. The Morgan fingerprint density at radius 2 is 1.65 bits per heavy atom. The molecule has 0 radical (unpaired) electrons. The van der Waals surface area contributed by atoms with E-state index in [2.05, 4.69) is 17.0 Å². The highest BCUT2D eigenvalue weighted by atomic mass is 31.2. The van der Waals surface area contributed by atoms with Gasteiger partial charge < -0.3 is 19.3 Å². The first-order valence-electron chi connectivity index (χ1n) is 15.1. The number of hydrogen-bond donors (Lipinski definition) is 2. The van der Waals surface area contributed by atoms with Crippen molar-refractivity contribution in [3.8, 4) is 5.75 Å². The summed E-state index contributed by atoms with van der Waals surface area (Å²) in [6.07, 6.45) is 6.54. The molecule has 3 rings (SSSR count). The topological polar surface area (TPSA) is 120 Å². The van der Waals surface area contributed by atoms with Crippen molar-refractivity contribution in [1.82, 2.24) is 10.4 Å². The van der Waals surface area contributed by atoms with Crippen molar-refractivity contribution in [3.63, 3.8) is 0 Å². The Hall–Kier alpha value is -3.42. The van der Waals surface area contributed by atoms with Gasteiger partial charge in [-0.05, 0) is 82.6 Å². The zero-order valence-electron chi connectivity index (χ0n) is 25.5. The molecule has 0 spiro atoms. The molecule has 0 aliphatic heterocycles. The number of benzene rings is 2. The van der Waals surface area contributed by atoms with Gasteiger partial charge in [0.05, 0.1) is 12.3 Å². The van der Waals surface area contributed by atoms with E-state index in [4.69, 9.17) is 14.0 Å². The van der Waals surface area contributed by atoms with E-state index in [0.29, 0.717) is 18.6 Å². The minimum absolute atomic E-state index is 0.121. The number of nitrogens with one attached hydrogen (secondary N) is 2. The van der Waals surface area contributed by atoms with E-state index in [0.717, 1.165) is 36.8 Å². The van der Waals surface area contributed by atoms with Gasteiger partial charge in [-0.25, -0.2) is 9.88 Å². The van der Waals surface area contributed by atoms with Crippen molar-refractivity contribution in [2.24, 2.45) is 0 Å². The van der Waals surface area contributed by atoms with Gasteiger partial charge in [0.15, 0.2) is 0 Å². The van der Waals surface area contributed by atoms with Crippen LogP contribution in [0.3, 0.4) is 0 Å². The monoisotopic (exact) mass is 612 g/mol. The zero-order chi connectivity index (χ0) is 31.2. The molecule has 0 saturated heterocycles. The smallest absolute Gasteiger partial charge is 0.329 e. The molecule has 2 aromatic carbocycles. The number of esters is 2. The van der Waals surface area contributed by atoms with Crippen molar-refractivity contribution in [2.45, 2.75) is 96.4 Å². The molecular weight excluding hydrogens is 567 g/mol. The summed E-state index contributed by atoms with van der Waals surface area (Å²) in [5.74, 6) is -0.851. The van der Waals surface area contributed by atoms with Crippen LogP contribution in [0.5, 0.6) is 5.75 Å². The SMILES string of the molecule is C=CCCP(=O)(N[C@@H](C)C(=O)OC(C)C)Oc1ccc(C[C@H](NC(=O)CCc2ccccc2)C(=O)OC2CCCC2)cc1. The second-order valence-corrected chi connectivity index (χ2v) is 13.4. The summed E-state index contributed by atoms with van der Waals surface area (Å²) < 4.78 is 30.5. The highest BCUT2D eigenvalue weighted by Crippen LogP contribution is 2.44. The first kappa shape index (κ1) is 34.1. The van der Waals surface area contributed by atoms with Gasteiger partial charge in [-0.3, -0.25) is 14.2 Å². The number of ether oxygens (including phenoxy) is 2. The lowest BCUT2D eigenvalue weighted by Gasteiger charge is -2.24. The van der Waals surface area contributed by atoms with Gasteiger partial charge in [0.2, 0.25) is 5.91 Å². The summed E-state index contributed by atoms with van der Waals surface area (Å²) in [5, 5.41) is 5.70. The maximum Gasteiger partial charge on any atom is 0.329 e. The molecule has 234 valence electrons. The van der Waals surface area contributed by atoms with Crippen molar-refractivity contribution in [1.29, 1.82) is 0 Å². The molecule has 1 aliphatic carbocycles. The van der Waals surface area contributed by atoms with Gasteiger partial charge in [-0.1, -0.05) is 48.5 Å². The van der Waals surface area contributed by atoms with Gasteiger partial charge in [0.1, 0.15) is 23.9 Å². The molecule has 3 atom stereocenters. The predicted octanol–water partition coefficient (Wildman–Crippen LogP) is 5.91. The third kappa shape index (κ3) is 12.0. The molecule has 1 amide bonds. The van der Waals surface area contributed by atoms with Crippen molar-refractivity contribution in [3.05, 3.63) is 78.4 Å². The van der Waals surface area contributed by atoms with Crippen molar-refractivity contribution in [2.75, 3.05) is 6.16 Å². The van der Waals surface area contributed by atoms with E-state index < -0.39 is 31.5 Å². The Bertz CT molecular complexity index is 1240. The number of allylic oxidation sites excluding steroid dienone is 1. The van der Waals surface area contributed by atoms with Crippen LogP contribution in [0.1, 0.15) is 70.4 Å². The molecule has 2 N–H and O–H groups in total. The lowest BCUT2D eigenvalue weighted by Crippen LogP contribution is -2.44. The highest BCUT2D eigenvalue weighted by Gasteiger charge is 2.31. The molecule has 1 unspecified atom stereocenters. The molecule has 0 aromatic heterocycles. The third-order valence-electron chi connectivity index (χ3n) is 7.03. The predicted molar refractivity (Wildman–Crippen MR) is 167 cm³/mol. The van der Waals surface area contributed by atoms with Crippen LogP contribution in [-0.4, -0.2) is 48.3 Å². The number of amides is 1. The van der Waals surface area contributed by atoms with Crippen molar-refractivity contribution >= 4 is 25.4 Å². The largest absolute Gasteiger partial charge is 0.462 e. The van der Waals surface area contributed by atoms with Crippen LogP contribution >= 0.6 is 7.52 Å². The van der Waals surface area contributed by atoms with Crippen LogP contribution in [0, 0.1) is 0 Å². The fourth-order valence-corrected chi connectivity index (χ4v) is 6.74. The molecule has 10 heteroatoms. The van der Waals surface area contributed by atoms with Gasteiger partial charge in [0, 0.05) is 12.8 Å². The number of hydrogen-bond acceptors (Lipinski definition) is 7. The second kappa shape index (κ2) is 17.0. The lowest BCUT2D eigenvalue weighted by molar-refractivity contribution is -0.152. The summed E-state index contributed by atoms with van der Waals surface area (Å²) in [7, 11) is -3.49. The maximum absolute atomic E-state index is 13.6. The first-order valence-corrected chi connectivity index (χ1v) is 16.9. The Morgan fingerprint density at radius 3 is 2.28 bits per heavy atom. The van der Waals surface area contributed by atoms with Crippen LogP contribution in [0.25, 0.3) is 0 Å². The van der Waals surface area contributed by atoms with Crippen LogP contribution < -0.4 is 14.9 Å². The Labute approximate surface area is 255 Å². The summed E-state index contributed by atoms with van der Waals surface area (Å²) in [4.78, 5) is 38.3. The lowest BCUT2D eigenvalue weighted by atomic mass is 10.0. The fraction of sp³-hybridized carbons (Fsp3) is 0.485. The van der Waals surface area contributed by atoms with Crippen LogP contribution in [0.2, 0.25) is 0 Å². The minimum atomic E-state index is -3.49. The van der Waals surface area contributed by atoms with Gasteiger partial charge in [-0.15, -0.1) is 6.58 Å². The van der Waals surface area contributed by atoms with Gasteiger partial charge in [0.25, 0.3) is 0 Å². The van der Waals surface area contributed by atoms with E-state index in [1.54, 1.807) is 51.1 Å². The molecule has 1 saturated carbocycles. The summed E-state index contributed by atoms with van der Waals surface area (Å²) in [6.45, 7) is 8.76. The summed E-state index contributed by atoms with van der Waals surface area (Å²) in [6, 6.07) is 14.9. The van der Waals surface area contributed by atoms with Crippen LogP contribution in [-0.2, 0) is 41.3 Å². The molecule has 43 heavy (non-hydrogen) atoms. The number of rotatable bonds is 17. The van der Waals surface area contributed by atoms with Crippen LogP contribution in [0.4, 0.5) is 0 Å². The highest BCUT2D eigenvalue weighted by molar-refractivity contribution is 7.57. The normalized spacial score (nSPS) is 16.1. The number of carbonyl (C=O) groups is 3. The molecule has 0 heterocycles. The first-order chi connectivity index (χ1) is 20.6. The Morgan fingerprint density at radius 1 is 0.977 bits per heavy atom. The minimum Gasteiger partial charge on any atom is -0.462 e. The molecule has 1 fully saturated rings. The van der Waals surface area contributed by atoms with E-state index in [1.807, 2.05) is 30.3 Å². The Kier molecular flexibility index (Phi) is 13.5. The number of aryl methyl sites for hydroxylation is 1. The third-order valence-corrected chi connectivity index (χ3v) is 9.16. The summed E-state index contributed by atoms with van der Waals surface area (Å²) >= 11 is 0. The second-order valence-electron chi connectivity index (χ2n) is 11.2. The van der Waals surface area contributed by atoms with Gasteiger partial charge >= 0.3 is 19.5 Å². The maximum atomic E-state index is 13.6. The zero-order valence-corrected chi connectivity index (χ0v) is 26.4. The van der Waals surface area contributed by atoms with E-state index >= 15 is 0 Å². The molecule has 0 bridgehead atoms. The fourth-order valence-electron chi connectivity index (χ4n) is 4.79. The van der Waals surface area contributed by atoms with E-state index in [1.165, 1.54) is 0 Å². The average molecular weight is 613 g/mol. The Balaban J connectivity index is 1.67. The van der Waals surface area contributed by atoms with Crippen LogP contribution in [0.15, 0.2) is 67.3 Å². The standard InChI is InChI=1S/C33H45N2O7P/c1-5-6-22-43(39,35-25(4)32(37)40-24(2)3)42-29-19-16-27(17-20-29)23-30(33(38)41-28-14-10-11-15-28)34-31(36)21-18-26-12-8-7-9-13-26/h5,7-9,12-13,16-17,19-20,24-25,28,30H,1,6,10-11,14-15,18,21-23H2,2-4H3,(H,34,36)(H,35,39)/t25-,30-,43?/m0/s1. The van der Waals surface area contributed by atoms with E-state index in [-0.39, 0.29) is 37.1 Å². The molecular formula is C33H45N2O7P. The molecule has 2 aromatic rings. The van der Waals surface area contributed by atoms with Crippen molar-refractivity contribution < 1.29 is 32.9 Å². The molecule has 1 aliphatic rings. The van der Waals surface area contributed by atoms with Gasteiger partial charge in [-0.2, -0.15) is 0 Å².